The molecule has 0 spiro atoms. The lowest BCUT2D eigenvalue weighted by Crippen LogP contribution is -2.22. The quantitative estimate of drug-likeness (QED) is 0.650. The number of rotatable bonds is 10. The fourth-order valence-electron chi connectivity index (χ4n) is 2.27. The first-order valence-electron chi connectivity index (χ1n) is 7.36. The minimum absolute atomic E-state index is 0.234. The normalized spacial score (nSPS) is 12.0. The van der Waals surface area contributed by atoms with Crippen molar-refractivity contribution in [2.45, 2.75) is 38.6 Å². The van der Waals surface area contributed by atoms with E-state index in [1.807, 2.05) is 18.2 Å². The standard InChI is InChI=1S/C16H26N2O3/c1-4-13(18-10-6-5-7-16(17)19)12-8-9-14(20-2)15(11-12)21-3/h8-9,11,13,18H,4-7,10H2,1-3H3,(H2,17,19). The first-order chi connectivity index (χ1) is 10.1. The maximum absolute atomic E-state index is 10.7. The van der Waals surface area contributed by atoms with Crippen molar-refractivity contribution in [2.75, 3.05) is 20.8 Å². The summed E-state index contributed by atoms with van der Waals surface area (Å²) in [6.45, 7) is 3.00. The molecule has 0 saturated heterocycles. The number of ether oxygens (including phenoxy) is 2. The second-order valence-electron chi connectivity index (χ2n) is 4.95. The zero-order valence-electron chi connectivity index (χ0n) is 13.1. The molecule has 3 N–H and O–H groups in total. The van der Waals surface area contributed by atoms with Crippen molar-refractivity contribution in [2.24, 2.45) is 5.73 Å². The van der Waals surface area contributed by atoms with Crippen LogP contribution in [-0.2, 0) is 4.79 Å². The third-order valence-corrected chi connectivity index (χ3v) is 3.46. The Bertz CT molecular complexity index is 449. The smallest absolute Gasteiger partial charge is 0.217 e. The average Bonchev–Trinajstić information content (AvgIpc) is 2.50. The van der Waals surface area contributed by atoms with Crippen LogP contribution in [0.15, 0.2) is 18.2 Å². The summed E-state index contributed by atoms with van der Waals surface area (Å²) in [6, 6.07) is 6.24. The van der Waals surface area contributed by atoms with Gasteiger partial charge >= 0.3 is 0 Å². The molecule has 0 saturated carbocycles. The summed E-state index contributed by atoms with van der Waals surface area (Å²) < 4.78 is 10.6. The molecule has 0 aliphatic rings. The first-order valence-corrected chi connectivity index (χ1v) is 7.36. The van der Waals surface area contributed by atoms with Gasteiger partial charge in [0, 0.05) is 12.5 Å². The van der Waals surface area contributed by atoms with Gasteiger partial charge in [-0.05, 0) is 43.5 Å². The molecule has 5 heteroatoms. The van der Waals surface area contributed by atoms with Gasteiger partial charge in [0.15, 0.2) is 11.5 Å². The van der Waals surface area contributed by atoms with Gasteiger partial charge in [-0.1, -0.05) is 13.0 Å². The number of methoxy groups -OCH3 is 2. The summed E-state index contributed by atoms with van der Waals surface area (Å²) in [5.41, 5.74) is 6.30. The lowest BCUT2D eigenvalue weighted by Gasteiger charge is -2.19. The van der Waals surface area contributed by atoms with Crippen LogP contribution in [0.25, 0.3) is 0 Å². The molecule has 1 unspecified atom stereocenters. The van der Waals surface area contributed by atoms with E-state index < -0.39 is 0 Å². The monoisotopic (exact) mass is 294 g/mol. The summed E-state index contributed by atoms with van der Waals surface area (Å²) in [5, 5.41) is 3.50. The molecular weight excluding hydrogens is 268 g/mol. The lowest BCUT2D eigenvalue weighted by atomic mass is 10.0. The van der Waals surface area contributed by atoms with E-state index in [9.17, 15) is 4.79 Å². The topological polar surface area (TPSA) is 73.6 Å². The number of unbranched alkanes of at least 4 members (excludes halogenated alkanes) is 1. The van der Waals surface area contributed by atoms with Gasteiger partial charge in [-0.25, -0.2) is 0 Å². The molecule has 0 aliphatic heterocycles. The van der Waals surface area contributed by atoms with E-state index in [4.69, 9.17) is 15.2 Å². The second kappa shape index (κ2) is 9.23. The van der Waals surface area contributed by atoms with E-state index >= 15 is 0 Å². The molecule has 0 bridgehead atoms. The Hall–Kier alpha value is -1.75. The number of hydrogen-bond acceptors (Lipinski definition) is 4. The summed E-state index contributed by atoms with van der Waals surface area (Å²) in [7, 11) is 3.27. The largest absolute Gasteiger partial charge is 0.493 e. The molecule has 5 nitrogen and oxygen atoms in total. The Morgan fingerprint density at radius 2 is 1.95 bits per heavy atom. The van der Waals surface area contributed by atoms with E-state index in [0.29, 0.717) is 6.42 Å². The number of nitrogens with two attached hydrogens (primary N) is 1. The molecule has 0 radical (unpaired) electrons. The molecule has 1 aromatic carbocycles. The second-order valence-corrected chi connectivity index (χ2v) is 4.95. The highest BCUT2D eigenvalue weighted by atomic mass is 16.5. The highest BCUT2D eigenvalue weighted by molar-refractivity contribution is 5.73. The number of nitrogens with one attached hydrogen (secondary N) is 1. The summed E-state index contributed by atoms with van der Waals surface area (Å²) in [6.07, 6.45) is 3.19. The molecule has 1 rings (SSSR count). The number of hydrogen-bond donors (Lipinski definition) is 2. The summed E-state index contributed by atoms with van der Waals surface area (Å²) in [5.74, 6) is 1.24. The molecule has 0 aromatic heterocycles. The fourth-order valence-corrected chi connectivity index (χ4v) is 2.27. The Kier molecular flexibility index (Phi) is 7.61. The fraction of sp³-hybridized carbons (Fsp3) is 0.562. The van der Waals surface area contributed by atoms with Gasteiger partial charge < -0.3 is 20.5 Å². The van der Waals surface area contributed by atoms with E-state index in [1.165, 1.54) is 5.56 Å². The Morgan fingerprint density at radius 1 is 1.24 bits per heavy atom. The van der Waals surface area contributed by atoms with Crippen molar-refractivity contribution in [3.63, 3.8) is 0 Å². The highest BCUT2D eigenvalue weighted by Gasteiger charge is 2.12. The van der Waals surface area contributed by atoms with Crippen molar-refractivity contribution >= 4 is 5.91 Å². The maximum atomic E-state index is 10.7. The highest BCUT2D eigenvalue weighted by Crippen LogP contribution is 2.30. The van der Waals surface area contributed by atoms with Gasteiger partial charge in [0.2, 0.25) is 5.91 Å². The van der Waals surface area contributed by atoms with E-state index in [2.05, 4.69) is 12.2 Å². The molecule has 1 atom stereocenters. The average molecular weight is 294 g/mol. The molecule has 1 amide bonds. The molecule has 21 heavy (non-hydrogen) atoms. The zero-order valence-corrected chi connectivity index (χ0v) is 13.1. The number of primary amides is 1. The molecule has 0 aliphatic carbocycles. The van der Waals surface area contributed by atoms with Crippen molar-refractivity contribution in [3.8, 4) is 11.5 Å². The Morgan fingerprint density at radius 3 is 2.52 bits per heavy atom. The number of benzene rings is 1. The number of carbonyl (C=O) groups is 1. The van der Waals surface area contributed by atoms with Gasteiger partial charge in [0.1, 0.15) is 0 Å². The van der Waals surface area contributed by atoms with Gasteiger partial charge in [-0.15, -0.1) is 0 Å². The Labute approximate surface area is 126 Å². The van der Waals surface area contributed by atoms with Crippen LogP contribution in [0.3, 0.4) is 0 Å². The van der Waals surface area contributed by atoms with Crippen LogP contribution in [0.4, 0.5) is 0 Å². The van der Waals surface area contributed by atoms with Crippen LogP contribution < -0.4 is 20.5 Å². The SMILES string of the molecule is CCC(NCCCCC(N)=O)c1ccc(OC)c(OC)c1. The van der Waals surface area contributed by atoms with Gasteiger partial charge in [-0.2, -0.15) is 0 Å². The van der Waals surface area contributed by atoms with Crippen LogP contribution in [-0.4, -0.2) is 26.7 Å². The molecule has 0 heterocycles. The molecule has 118 valence electrons. The third kappa shape index (κ3) is 5.63. The lowest BCUT2D eigenvalue weighted by molar-refractivity contribution is -0.118. The van der Waals surface area contributed by atoms with E-state index in [1.54, 1.807) is 14.2 Å². The van der Waals surface area contributed by atoms with Crippen LogP contribution in [0.1, 0.15) is 44.2 Å². The van der Waals surface area contributed by atoms with Crippen LogP contribution in [0, 0.1) is 0 Å². The van der Waals surface area contributed by atoms with Gasteiger partial charge in [0.05, 0.1) is 14.2 Å². The third-order valence-electron chi connectivity index (χ3n) is 3.46. The molecular formula is C16H26N2O3. The predicted molar refractivity (Wildman–Crippen MR) is 83.6 cm³/mol. The van der Waals surface area contributed by atoms with Crippen molar-refractivity contribution < 1.29 is 14.3 Å². The van der Waals surface area contributed by atoms with E-state index in [-0.39, 0.29) is 11.9 Å². The Balaban J connectivity index is 2.57. The minimum Gasteiger partial charge on any atom is -0.493 e. The number of amides is 1. The van der Waals surface area contributed by atoms with Crippen molar-refractivity contribution in [3.05, 3.63) is 23.8 Å². The van der Waals surface area contributed by atoms with Gasteiger partial charge in [-0.3, -0.25) is 4.79 Å². The van der Waals surface area contributed by atoms with Crippen LogP contribution in [0.5, 0.6) is 11.5 Å². The van der Waals surface area contributed by atoms with Crippen molar-refractivity contribution in [1.82, 2.24) is 5.32 Å². The number of carbonyl (C=O) groups excluding carboxylic acids is 1. The van der Waals surface area contributed by atoms with E-state index in [0.717, 1.165) is 37.3 Å². The zero-order chi connectivity index (χ0) is 15.7. The summed E-state index contributed by atoms with van der Waals surface area (Å²) >= 11 is 0. The van der Waals surface area contributed by atoms with Crippen LogP contribution >= 0.6 is 0 Å². The van der Waals surface area contributed by atoms with Crippen LogP contribution in [0.2, 0.25) is 0 Å². The molecule has 0 fully saturated rings. The van der Waals surface area contributed by atoms with Crippen molar-refractivity contribution in [1.29, 1.82) is 0 Å². The minimum atomic E-state index is -0.234. The van der Waals surface area contributed by atoms with Gasteiger partial charge in [0.25, 0.3) is 0 Å². The summed E-state index contributed by atoms with van der Waals surface area (Å²) in [4.78, 5) is 10.7. The molecule has 1 aromatic rings. The maximum Gasteiger partial charge on any atom is 0.217 e. The first kappa shape index (κ1) is 17.3. The predicted octanol–water partition coefficient (Wildman–Crippen LogP) is 2.40.